The lowest BCUT2D eigenvalue weighted by Gasteiger charge is -2.33. The van der Waals surface area contributed by atoms with Gasteiger partial charge in [-0.15, -0.1) is 0 Å². The van der Waals surface area contributed by atoms with Crippen molar-refractivity contribution >= 4 is 0 Å². The van der Waals surface area contributed by atoms with E-state index < -0.39 is 0 Å². The van der Waals surface area contributed by atoms with Crippen molar-refractivity contribution in [2.24, 2.45) is 5.92 Å². The fourth-order valence-electron chi connectivity index (χ4n) is 3.21. The minimum atomic E-state index is -0.155. The fraction of sp³-hybridized carbons (Fsp3) is 1.00. The molecule has 0 heterocycles. The summed E-state index contributed by atoms with van der Waals surface area (Å²) in [4.78, 5) is 0. The van der Waals surface area contributed by atoms with Gasteiger partial charge in [0.15, 0.2) is 0 Å². The molecule has 2 fully saturated rings. The minimum absolute atomic E-state index is 0.155. The van der Waals surface area contributed by atoms with Crippen molar-refractivity contribution in [2.75, 3.05) is 13.2 Å². The van der Waals surface area contributed by atoms with Crippen LogP contribution in [0.3, 0.4) is 0 Å². The first-order valence-electron chi connectivity index (χ1n) is 8.17. The maximum atomic E-state index is 9.58. The van der Waals surface area contributed by atoms with E-state index in [9.17, 15) is 5.11 Å². The quantitative estimate of drug-likeness (QED) is 0.712. The second-order valence-corrected chi connectivity index (χ2v) is 6.75. The number of hydrogen-bond donors (Lipinski definition) is 2. The number of hydrogen-bond acceptors (Lipinski definition) is 3. The molecule has 3 unspecified atom stereocenters. The van der Waals surface area contributed by atoms with Gasteiger partial charge in [0.1, 0.15) is 0 Å². The summed E-state index contributed by atoms with van der Waals surface area (Å²) >= 11 is 0. The maximum Gasteiger partial charge on any atom is 0.0611 e. The molecule has 0 aliphatic heterocycles. The van der Waals surface area contributed by atoms with Crippen molar-refractivity contribution in [2.45, 2.75) is 82.9 Å². The summed E-state index contributed by atoms with van der Waals surface area (Å²) in [6.45, 7) is 5.37. The highest BCUT2D eigenvalue weighted by atomic mass is 16.5. The molecule has 2 aliphatic rings. The molecule has 2 rings (SSSR count). The third kappa shape index (κ3) is 4.73. The Morgan fingerprint density at radius 3 is 2.58 bits per heavy atom. The Bertz CT molecular complexity index is 267. The fourth-order valence-corrected chi connectivity index (χ4v) is 3.21. The summed E-state index contributed by atoms with van der Waals surface area (Å²) in [6, 6.07) is 0.634. The van der Waals surface area contributed by atoms with Gasteiger partial charge in [-0.05, 0) is 44.9 Å². The smallest absolute Gasteiger partial charge is 0.0611 e. The maximum absolute atomic E-state index is 9.58. The number of rotatable bonds is 8. The van der Waals surface area contributed by atoms with E-state index in [0.717, 1.165) is 18.9 Å². The third-order valence-electron chi connectivity index (χ3n) is 4.83. The lowest BCUT2D eigenvalue weighted by Crippen LogP contribution is -2.48. The summed E-state index contributed by atoms with van der Waals surface area (Å²) in [6.07, 6.45) is 10.4. The van der Waals surface area contributed by atoms with Crippen molar-refractivity contribution in [1.82, 2.24) is 5.32 Å². The van der Waals surface area contributed by atoms with Gasteiger partial charge in [-0.3, -0.25) is 0 Å². The molecule has 0 aromatic heterocycles. The number of nitrogens with one attached hydrogen (secondary N) is 1. The van der Waals surface area contributed by atoms with Gasteiger partial charge < -0.3 is 15.2 Å². The summed E-state index contributed by atoms with van der Waals surface area (Å²) in [7, 11) is 0. The molecule has 0 aromatic carbocycles. The summed E-state index contributed by atoms with van der Waals surface area (Å²) < 4.78 is 6.13. The van der Waals surface area contributed by atoms with Gasteiger partial charge in [0.25, 0.3) is 0 Å². The Morgan fingerprint density at radius 1 is 1.21 bits per heavy atom. The van der Waals surface area contributed by atoms with E-state index in [1.807, 2.05) is 0 Å². The molecule has 3 heteroatoms. The van der Waals surface area contributed by atoms with E-state index in [1.165, 1.54) is 44.9 Å². The summed E-state index contributed by atoms with van der Waals surface area (Å²) in [5.74, 6) is 0.755. The molecule has 19 heavy (non-hydrogen) atoms. The topological polar surface area (TPSA) is 41.5 Å². The predicted octanol–water partition coefficient (Wildman–Crippen LogP) is 2.86. The molecular weight excluding hydrogens is 238 g/mol. The van der Waals surface area contributed by atoms with Crippen molar-refractivity contribution in [1.29, 1.82) is 0 Å². The third-order valence-corrected chi connectivity index (χ3v) is 4.83. The molecular formula is C16H31NO2. The molecule has 3 nitrogen and oxygen atoms in total. The van der Waals surface area contributed by atoms with Crippen LogP contribution in [0.2, 0.25) is 0 Å². The van der Waals surface area contributed by atoms with E-state index in [2.05, 4.69) is 19.2 Å². The van der Waals surface area contributed by atoms with E-state index in [-0.39, 0.29) is 12.1 Å². The number of ether oxygens (including phenoxy) is 1. The molecule has 0 saturated heterocycles. The highest BCUT2D eigenvalue weighted by Gasteiger charge is 2.32. The second kappa shape index (κ2) is 7.05. The van der Waals surface area contributed by atoms with Crippen LogP contribution in [0, 0.1) is 5.92 Å². The summed E-state index contributed by atoms with van der Waals surface area (Å²) in [5, 5.41) is 13.1. The Labute approximate surface area is 118 Å². The Kier molecular flexibility index (Phi) is 5.67. The monoisotopic (exact) mass is 269 g/mol. The lowest BCUT2D eigenvalue weighted by molar-refractivity contribution is -0.0234. The largest absolute Gasteiger partial charge is 0.394 e. The Hall–Kier alpha value is -0.120. The van der Waals surface area contributed by atoms with Crippen LogP contribution in [0.1, 0.15) is 65.2 Å². The minimum Gasteiger partial charge on any atom is -0.394 e. The Morgan fingerprint density at radius 2 is 1.95 bits per heavy atom. The van der Waals surface area contributed by atoms with Gasteiger partial charge in [0.05, 0.1) is 12.7 Å². The molecule has 2 aliphatic carbocycles. The molecule has 0 radical (unpaired) electrons. The molecule has 0 amide bonds. The van der Waals surface area contributed by atoms with Gasteiger partial charge in [-0.25, -0.2) is 0 Å². The van der Waals surface area contributed by atoms with Crippen molar-refractivity contribution in [3.05, 3.63) is 0 Å². The molecule has 0 aromatic rings. The van der Waals surface area contributed by atoms with E-state index in [0.29, 0.717) is 12.1 Å². The first kappa shape index (κ1) is 15.3. The standard InChI is InChI=1S/C16H31NO2/c1-3-13-6-4-5-7-15(13)19-11-10-16(2,12-18)17-14-8-9-14/h13-15,17-18H,3-12H2,1-2H3. The highest BCUT2D eigenvalue weighted by Crippen LogP contribution is 2.30. The van der Waals surface area contributed by atoms with E-state index in [4.69, 9.17) is 4.74 Å². The highest BCUT2D eigenvalue weighted by molar-refractivity contribution is 4.92. The molecule has 0 spiro atoms. The van der Waals surface area contributed by atoms with Gasteiger partial charge in [0, 0.05) is 18.2 Å². The second-order valence-electron chi connectivity index (χ2n) is 6.75. The van der Waals surface area contributed by atoms with Crippen molar-refractivity contribution < 1.29 is 9.84 Å². The van der Waals surface area contributed by atoms with Crippen LogP contribution >= 0.6 is 0 Å². The zero-order valence-electron chi connectivity index (χ0n) is 12.7. The van der Waals surface area contributed by atoms with Crippen LogP contribution in [-0.2, 0) is 4.74 Å². The average molecular weight is 269 g/mol. The average Bonchev–Trinajstić information content (AvgIpc) is 3.23. The van der Waals surface area contributed by atoms with Crippen molar-refractivity contribution in [3.8, 4) is 0 Å². The number of aliphatic hydroxyl groups is 1. The van der Waals surface area contributed by atoms with Crippen LogP contribution in [-0.4, -0.2) is 36.0 Å². The predicted molar refractivity (Wildman–Crippen MR) is 78.3 cm³/mol. The number of aliphatic hydroxyl groups excluding tert-OH is 1. The van der Waals surface area contributed by atoms with Crippen molar-refractivity contribution in [3.63, 3.8) is 0 Å². The Balaban J connectivity index is 1.71. The zero-order valence-corrected chi connectivity index (χ0v) is 12.7. The normalized spacial score (nSPS) is 31.1. The molecule has 112 valence electrons. The molecule has 0 bridgehead atoms. The van der Waals surface area contributed by atoms with Crippen LogP contribution in [0.15, 0.2) is 0 Å². The van der Waals surface area contributed by atoms with E-state index >= 15 is 0 Å². The molecule has 2 saturated carbocycles. The SMILES string of the molecule is CCC1CCCCC1OCCC(C)(CO)NC1CC1. The van der Waals surface area contributed by atoms with Crippen LogP contribution in [0.5, 0.6) is 0 Å². The van der Waals surface area contributed by atoms with Crippen LogP contribution in [0.4, 0.5) is 0 Å². The molecule has 2 N–H and O–H groups in total. The first-order valence-corrected chi connectivity index (χ1v) is 8.17. The van der Waals surface area contributed by atoms with Gasteiger partial charge in [0.2, 0.25) is 0 Å². The van der Waals surface area contributed by atoms with Crippen LogP contribution in [0.25, 0.3) is 0 Å². The zero-order chi connectivity index (χ0) is 13.7. The van der Waals surface area contributed by atoms with Gasteiger partial charge in [-0.1, -0.05) is 26.2 Å². The van der Waals surface area contributed by atoms with E-state index in [1.54, 1.807) is 0 Å². The van der Waals surface area contributed by atoms with Gasteiger partial charge in [-0.2, -0.15) is 0 Å². The molecule has 3 atom stereocenters. The summed E-state index contributed by atoms with van der Waals surface area (Å²) in [5.41, 5.74) is -0.155. The van der Waals surface area contributed by atoms with Gasteiger partial charge >= 0.3 is 0 Å². The van der Waals surface area contributed by atoms with Crippen LogP contribution < -0.4 is 5.32 Å². The lowest BCUT2D eigenvalue weighted by atomic mass is 9.84. The first-order chi connectivity index (χ1) is 9.17.